The predicted molar refractivity (Wildman–Crippen MR) is 63.9 cm³/mol. The van der Waals surface area contributed by atoms with Gasteiger partial charge in [0.1, 0.15) is 0 Å². The van der Waals surface area contributed by atoms with Crippen LogP contribution in [0.3, 0.4) is 0 Å². The molecule has 1 saturated heterocycles. The van der Waals surface area contributed by atoms with Crippen LogP contribution in [0.1, 0.15) is 33.6 Å². The van der Waals surface area contributed by atoms with E-state index in [1.54, 1.807) is 6.92 Å². The Hall–Kier alpha value is -0.900. The van der Waals surface area contributed by atoms with Crippen LogP contribution in [0, 0.1) is 5.92 Å². The molecule has 15 heavy (non-hydrogen) atoms. The van der Waals surface area contributed by atoms with E-state index in [1.165, 1.54) is 0 Å². The minimum absolute atomic E-state index is 0.0530. The number of hydrogen-bond acceptors (Lipinski definition) is 2. The highest BCUT2D eigenvalue weighted by Gasteiger charge is 2.23. The molecular weight excluding hydrogens is 190 g/mol. The van der Waals surface area contributed by atoms with Gasteiger partial charge in [-0.1, -0.05) is 13.8 Å². The molecule has 0 aromatic heterocycles. The second-order valence-corrected chi connectivity index (χ2v) is 3.69. The summed E-state index contributed by atoms with van der Waals surface area (Å²) in [5, 5.41) is 0. The standard InChI is InChI=1S/C9H17N3O.C2H6/c1-7(10)11-9(13)8-4-3-5-12(2)6-8;1-2/h8H,3-6H2,1-2H3,(H2,10,11,13);1-2H3. The van der Waals surface area contributed by atoms with Gasteiger partial charge in [-0.25, -0.2) is 4.99 Å². The molecule has 4 nitrogen and oxygen atoms in total. The van der Waals surface area contributed by atoms with E-state index < -0.39 is 0 Å². The smallest absolute Gasteiger partial charge is 0.251 e. The SMILES string of the molecule is CC.CC(N)=NC(=O)C1CCCN(C)C1. The zero-order chi connectivity index (χ0) is 11.8. The van der Waals surface area contributed by atoms with Crippen LogP contribution < -0.4 is 5.73 Å². The van der Waals surface area contributed by atoms with Gasteiger partial charge in [0.2, 0.25) is 0 Å². The van der Waals surface area contributed by atoms with Crippen molar-refractivity contribution in [1.29, 1.82) is 0 Å². The predicted octanol–water partition coefficient (Wildman–Crippen LogP) is 1.26. The monoisotopic (exact) mass is 213 g/mol. The molecule has 1 unspecified atom stereocenters. The molecular formula is C11H23N3O. The Morgan fingerprint density at radius 1 is 1.47 bits per heavy atom. The minimum atomic E-state index is -0.0634. The quantitative estimate of drug-likeness (QED) is 0.527. The van der Waals surface area contributed by atoms with Crippen LogP contribution >= 0.6 is 0 Å². The Balaban J connectivity index is 0.000000921. The van der Waals surface area contributed by atoms with Crippen LogP contribution in [0.15, 0.2) is 4.99 Å². The molecule has 1 aliphatic rings. The Labute approximate surface area is 92.5 Å². The minimum Gasteiger partial charge on any atom is -0.387 e. The third-order valence-corrected chi connectivity index (χ3v) is 2.26. The molecule has 0 aromatic carbocycles. The molecule has 0 aromatic rings. The van der Waals surface area contributed by atoms with Crippen LogP contribution in [0.25, 0.3) is 0 Å². The van der Waals surface area contributed by atoms with Gasteiger partial charge in [-0.2, -0.15) is 0 Å². The molecule has 1 atom stereocenters. The van der Waals surface area contributed by atoms with Gasteiger partial charge in [0.25, 0.3) is 5.91 Å². The number of nitrogens with two attached hydrogens (primary N) is 1. The second-order valence-electron chi connectivity index (χ2n) is 3.69. The molecule has 2 N–H and O–H groups in total. The molecule has 0 aliphatic carbocycles. The fourth-order valence-corrected chi connectivity index (χ4v) is 1.63. The van der Waals surface area contributed by atoms with Gasteiger partial charge in [-0.3, -0.25) is 4.79 Å². The maximum Gasteiger partial charge on any atom is 0.251 e. The molecule has 4 heteroatoms. The molecule has 1 aliphatic heterocycles. The van der Waals surface area contributed by atoms with E-state index >= 15 is 0 Å². The number of amides is 1. The number of carbonyl (C=O) groups is 1. The third kappa shape index (κ3) is 5.52. The summed E-state index contributed by atoms with van der Waals surface area (Å²) in [7, 11) is 2.03. The lowest BCUT2D eigenvalue weighted by atomic mass is 9.98. The molecule has 0 spiro atoms. The summed E-state index contributed by atoms with van der Waals surface area (Å²) in [6.45, 7) is 7.54. The Morgan fingerprint density at radius 3 is 2.53 bits per heavy atom. The molecule has 1 amide bonds. The highest BCUT2D eigenvalue weighted by atomic mass is 16.1. The first-order valence-electron chi connectivity index (χ1n) is 5.62. The molecule has 88 valence electrons. The number of likely N-dealkylation sites (tertiary alicyclic amines) is 1. The van der Waals surface area contributed by atoms with Crippen LogP contribution in [0.2, 0.25) is 0 Å². The molecule has 1 fully saturated rings. The number of carbonyl (C=O) groups excluding carboxylic acids is 1. The first kappa shape index (κ1) is 14.1. The van der Waals surface area contributed by atoms with E-state index in [1.807, 2.05) is 20.9 Å². The van der Waals surface area contributed by atoms with Crippen LogP contribution in [0.5, 0.6) is 0 Å². The summed E-state index contributed by atoms with van der Waals surface area (Å²) in [6.07, 6.45) is 2.02. The van der Waals surface area contributed by atoms with Gasteiger partial charge in [0, 0.05) is 6.54 Å². The molecule has 1 heterocycles. The number of piperidine rings is 1. The Bertz CT molecular complexity index is 222. The van der Waals surface area contributed by atoms with Crippen LogP contribution in [0.4, 0.5) is 0 Å². The van der Waals surface area contributed by atoms with Crippen molar-refractivity contribution in [3.63, 3.8) is 0 Å². The zero-order valence-corrected chi connectivity index (χ0v) is 10.3. The number of rotatable bonds is 1. The van der Waals surface area contributed by atoms with Gasteiger partial charge in [0.15, 0.2) is 0 Å². The van der Waals surface area contributed by atoms with Crippen LogP contribution in [-0.2, 0) is 4.79 Å². The fourth-order valence-electron chi connectivity index (χ4n) is 1.63. The van der Waals surface area contributed by atoms with Gasteiger partial charge >= 0.3 is 0 Å². The van der Waals surface area contributed by atoms with E-state index in [4.69, 9.17) is 5.73 Å². The maximum absolute atomic E-state index is 11.5. The van der Waals surface area contributed by atoms with Crippen LogP contribution in [-0.4, -0.2) is 36.8 Å². The van der Waals surface area contributed by atoms with Crippen molar-refractivity contribution in [2.24, 2.45) is 16.6 Å². The Kier molecular flexibility index (Phi) is 6.96. The van der Waals surface area contributed by atoms with Gasteiger partial charge in [-0.15, -0.1) is 0 Å². The zero-order valence-electron chi connectivity index (χ0n) is 10.3. The summed E-state index contributed by atoms with van der Waals surface area (Å²) in [6, 6.07) is 0. The van der Waals surface area contributed by atoms with Crippen molar-refractivity contribution in [3.05, 3.63) is 0 Å². The highest BCUT2D eigenvalue weighted by molar-refractivity contribution is 5.93. The number of hydrogen-bond donors (Lipinski definition) is 1. The summed E-state index contributed by atoms with van der Waals surface area (Å²) >= 11 is 0. The molecule has 0 bridgehead atoms. The van der Waals surface area contributed by atoms with Gasteiger partial charge in [-0.05, 0) is 33.4 Å². The summed E-state index contributed by atoms with van der Waals surface area (Å²) in [5.74, 6) is 0.349. The lowest BCUT2D eigenvalue weighted by Crippen LogP contribution is -2.35. The van der Waals surface area contributed by atoms with Crippen molar-refractivity contribution in [2.75, 3.05) is 20.1 Å². The average molecular weight is 213 g/mol. The van der Waals surface area contributed by atoms with E-state index in [0.29, 0.717) is 5.84 Å². The van der Waals surface area contributed by atoms with Crippen molar-refractivity contribution in [2.45, 2.75) is 33.6 Å². The summed E-state index contributed by atoms with van der Waals surface area (Å²) in [4.78, 5) is 17.4. The van der Waals surface area contributed by atoms with E-state index in [-0.39, 0.29) is 11.8 Å². The van der Waals surface area contributed by atoms with Crippen molar-refractivity contribution < 1.29 is 4.79 Å². The lowest BCUT2D eigenvalue weighted by Gasteiger charge is -2.27. The average Bonchev–Trinajstić information content (AvgIpc) is 2.20. The van der Waals surface area contributed by atoms with Crippen molar-refractivity contribution in [1.82, 2.24) is 4.90 Å². The summed E-state index contributed by atoms with van der Waals surface area (Å²) in [5.41, 5.74) is 5.35. The first-order valence-corrected chi connectivity index (χ1v) is 5.62. The van der Waals surface area contributed by atoms with Crippen molar-refractivity contribution in [3.8, 4) is 0 Å². The van der Waals surface area contributed by atoms with Crippen molar-refractivity contribution >= 4 is 11.7 Å². The van der Waals surface area contributed by atoms with E-state index in [0.717, 1.165) is 25.9 Å². The highest BCUT2D eigenvalue weighted by Crippen LogP contribution is 2.16. The number of amidine groups is 1. The Morgan fingerprint density at radius 2 is 2.07 bits per heavy atom. The fraction of sp³-hybridized carbons (Fsp3) is 0.818. The van der Waals surface area contributed by atoms with E-state index in [9.17, 15) is 4.79 Å². The van der Waals surface area contributed by atoms with Gasteiger partial charge < -0.3 is 10.6 Å². The normalized spacial score (nSPS) is 22.9. The first-order chi connectivity index (χ1) is 7.09. The largest absolute Gasteiger partial charge is 0.387 e. The second kappa shape index (κ2) is 7.40. The topological polar surface area (TPSA) is 58.7 Å². The van der Waals surface area contributed by atoms with Gasteiger partial charge in [0.05, 0.1) is 11.8 Å². The lowest BCUT2D eigenvalue weighted by molar-refractivity contribution is -0.123. The third-order valence-electron chi connectivity index (χ3n) is 2.26. The molecule has 0 saturated carbocycles. The molecule has 1 rings (SSSR count). The summed E-state index contributed by atoms with van der Waals surface area (Å²) < 4.78 is 0. The van der Waals surface area contributed by atoms with E-state index in [2.05, 4.69) is 9.89 Å². The number of nitrogens with zero attached hydrogens (tertiary/aromatic N) is 2. The maximum atomic E-state index is 11.5. The molecule has 0 radical (unpaired) electrons. The number of aliphatic imine (C=N–C) groups is 1.